The van der Waals surface area contributed by atoms with Crippen molar-refractivity contribution in [3.63, 3.8) is 0 Å². The highest BCUT2D eigenvalue weighted by Gasteiger charge is 2.31. The molecule has 0 saturated heterocycles. The van der Waals surface area contributed by atoms with E-state index in [0.717, 1.165) is 6.42 Å². The number of hydrogen-bond acceptors (Lipinski definition) is 4. The van der Waals surface area contributed by atoms with Crippen LogP contribution in [0.2, 0.25) is 0 Å². The second-order valence-electron chi connectivity index (χ2n) is 3.83. The summed E-state index contributed by atoms with van der Waals surface area (Å²) in [7, 11) is -0.756. The largest absolute Gasteiger partial charge is 0.494 e. The summed E-state index contributed by atoms with van der Waals surface area (Å²) in [6.45, 7) is 11.6. The standard InChI is InChI=1S/C12H22O4P/c1-4-7-14-9-12(6-3,11-16-17-13)10-15-8-5-2/h4-5,17H,1-2,6-11H2,3H3/q+1. The van der Waals surface area contributed by atoms with Crippen molar-refractivity contribution in [1.82, 2.24) is 0 Å². The maximum absolute atomic E-state index is 10.4. The molecule has 0 fully saturated rings. The molecule has 0 radical (unpaired) electrons. The third kappa shape index (κ3) is 7.40. The Balaban J connectivity index is 4.31. The van der Waals surface area contributed by atoms with E-state index in [1.165, 1.54) is 0 Å². The first-order chi connectivity index (χ1) is 8.24. The van der Waals surface area contributed by atoms with E-state index in [-0.39, 0.29) is 5.41 Å². The van der Waals surface area contributed by atoms with Gasteiger partial charge < -0.3 is 9.47 Å². The summed E-state index contributed by atoms with van der Waals surface area (Å²) in [5.41, 5.74) is -0.260. The average molecular weight is 261 g/mol. The van der Waals surface area contributed by atoms with Crippen molar-refractivity contribution in [2.45, 2.75) is 13.3 Å². The Morgan fingerprint density at radius 3 is 2.00 bits per heavy atom. The van der Waals surface area contributed by atoms with Crippen molar-refractivity contribution in [2.24, 2.45) is 5.41 Å². The summed E-state index contributed by atoms with van der Waals surface area (Å²) in [6.07, 6.45) is 4.22. The number of ether oxygens (including phenoxy) is 2. The molecule has 0 spiro atoms. The molecule has 4 nitrogen and oxygen atoms in total. The smallest absolute Gasteiger partial charge is 0.377 e. The molecule has 98 valence electrons. The highest BCUT2D eigenvalue weighted by Crippen LogP contribution is 2.25. The monoisotopic (exact) mass is 261 g/mol. The number of rotatable bonds is 12. The van der Waals surface area contributed by atoms with E-state index in [2.05, 4.69) is 13.2 Å². The van der Waals surface area contributed by atoms with Crippen LogP contribution >= 0.6 is 8.69 Å². The van der Waals surface area contributed by atoms with Gasteiger partial charge in [-0.2, -0.15) is 0 Å². The molecule has 0 bridgehead atoms. The minimum Gasteiger partial charge on any atom is -0.377 e. The Morgan fingerprint density at radius 2 is 1.65 bits per heavy atom. The lowest BCUT2D eigenvalue weighted by atomic mass is 9.88. The molecule has 0 aliphatic heterocycles. The molecule has 0 aliphatic carbocycles. The van der Waals surface area contributed by atoms with Crippen molar-refractivity contribution in [2.75, 3.05) is 33.0 Å². The topological polar surface area (TPSA) is 44.8 Å². The minimum atomic E-state index is -0.756. The van der Waals surface area contributed by atoms with Crippen molar-refractivity contribution >= 4 is 8.69 Å². The summed E-state index contributed by atoms with van der Waals surface area (Å²) in [6, 6.07) is 0. The zero-order valence-corrected chi connectivity index (χ0v) is 11.4. The lowest BCUT2D eigenvalue weighted by Crippen LogP contribution is -2.36. The third-order valence-electron chi connectivity index (χ3n) is 2.48. The lowest BCUT2D eigenvalue weighted by molar-refractivity contribution is -0.0343. The van der Waals surface area contributed by atoms with E-state index in [0.29, 0.717) is 33.0 Å². The molecule has 1 unspecified atom stereocenters. The van der Waals surface area contributed by atoms with E-state index in [1.807, 2.05) is 6.92 Å². The van der Waals surface area contributed by atoms with E-state index < -0.39 is 8.69 Å². The summed E-state index contributed by atoms with van der Waals surface area (Å²) in [4.78, 5) is 0. The van der Waals surface area contributed by atoms with Crippen LogP contribution in [0.5, 0.6) is 0 Å². The molecular formula is C12H22O4P+. The predicted molar refractivity (Wildman–Crippen MR) is 69.7 cm³/mol. The van der Waals surface area contributed by atoms with Gasteiger partial charge in [-0.25, -0.2) is 0 Å². The first kappa shape index (κ1) is 16.5. The van der Waals surface area contributed by atoms with Gasteiger partial charge in [0, 0.05) is 5.41 Å². The van der Waals surface area contributed by atoms with E-state index in [1.54, 1.807) is 12.2 Å². The Morgan fingerprint density at radius 1 is 1.12 bits per heavy atom. The molecule has 0 aromatic carbocycles. The van der Waals surface area contributed by atoms with Crippen LogP contribution < -0.4 is 0 Å². The summed E-state index contributed by atoms with van der Waals surface area (Å²) in [5, 5.41) is 0. The van der Waals surface area contributed by atoms with Gasteiger partial charge in [-0.05, 0) is 11.0 Å². The van der Waals surface area contributed by atoms with Gasteiger partial charge in [0.15, 0.2) is 0 Å². The van der Waals surface area contributed by atoms with Crippen LogP contribution in [-0.4, -0.2) is 33.0 Å². The summed E-state index contributed by atoms with van der Waals surface area (Å²) >= 11 is 0. The Bertz CT molecular complexity index is 217. The van der Waals surface area contributed by atoms with Gasteiger partial charge in [0.05, 0.1) is 26.4 Å². The fraction of sp³-hybridized carbons (Fsp3) is 0.667. The molecule has 5 heteroatoms. The second kappa shape index (κ2) is 10.6. The summed E-state index contributed by atoms with van der Waals surface area (Å²) < 4.78 is 26.4. The number of hydrogen-bond donors (Lipinski definition) is 0. The highest BCUT2D eigenvalue weighted by atomic mass is 31.1. The predicted octanol–water partition coefficient (Wildman–Crippen LogP) is 2.74. The molecular weight excluding hydrogens is 239 g/mol. The fourth-order valence-corrected chi connectivity index (χ4v) is 1.70. The van der Waals surface area contributed by atoms with Crippen LogP contribution in [0.3, 0.4) is 0 Å². The molecule has 17 heavy (non-hydrogen) atoms. The Labute approximate surface area is 105 Å². The normalized spacial score (nSPS) is 11.6. The molecule has 0 amide bonds. The molecule has 0 aromatic rings. The Hall–Kier alpha value is -0.540. The molecule has 0 aliphatic rings. The fourth-order valence-electron chi connectivity index (χ4n) is 1.33. The van der Waals surface area contributed by atoms with E-state index in [9.17, 15) is 4.57 Å². The van der Waals surface area contributed by atoms with Gasteiger partial charge in [-0.3, -0.25) is 0 Å². The van der Waals surface area contributed by atoms with Crippen molar-refractivity contribution in [3.8, 4) is 0 Å². The summed E-state index contributed by atoms with van der Waals surface area (Å²) in [5.74, 6) is 0. The van der Waals surface area contributed by atoms with Gasteiger partial charge in [0.25, 0.3) is 0 Å². The molecule has 0 saturated carbocycles. The zero-order chi connectivity index (χ0) is 13.0. The van der Waals surface area contributed by atoms with Crippen LogP contribution in [0.15, 0.2) is 25.3 Å². The highest BCUT2D eigenvalue weighted by molar-refractivity contribution is 7.17. The SMILES string of the molecule is C=CCOCC(CC)(COCC=C)CO[PH+]=O. The Kier molecular flexibility index (Phi) is 10.3. The van der Waals surface area contributed by atoms with Gasteiger partial charge in [-0.15, -0.1) is 17.7 Å². The van der Waals surface area contributed by atoms with Crippen molar-refractivity contribution in [3.05, 3.63) is 25.3 Å². The van der Waals surface area contributed by atoms with Crippen LogP contribution in [0.1, 0.15) is 13.3 Å². The molecule has 0 aromatic heterocycles. The molecule has 0 heterocycles. The van der Waals surface area contributed by atoms with Crippen LogP contribution in [0, 0.1) is 5.41 Å². The van der Waals surface area contributed by atoms with E-state index >= 15 is 0 Å². The van der Waals surface area contributed by atoms with Gasteiger partial charge in [-0.1, -0.05) is 19.1 Å². The van der Waals surface area contributed by atoms with Crippen LogP contribution in [0.25, 0.3) is 0 Å². The second-order valence-corrected chi connectivity index (χ2v) is 4.29. The zero-order valence-electron chi connectivity index (χ0n) is 10.4. The van der Waals surface area contributed by atoms with Crippen LogP contribution in [-0.2, 0) is 18.6 Å². The molecule has 0 N–H and O–H groups in total. The first-order valence-electron chi connectivity index (χ1n) is 5.61. The molecule has 1 atom stereocenters. The van der Waals surface area contributed by atoms with Gasteiger partial charge in [0.2, 0.25) is 0 Å². The quantitative estimate of drug-likeness (QED) is 0.308. The first-order valence-corrected chi connectivity index (χ1v) is 6.42. The third-order valence-corrected chi connectivity index (χ3v) is 2.74. The minimum absolute atomic E-state index is 0.260. The van der Waals surface area contributed by atoms with E-state index in [4.69, 9.17) is 14.0 Å². The van der Waals surface area contributed by atoms with Gasteiger partial charge in [0.1, 0.15) is 6.61 Å². The van der Waals surface area contributed by atoms with Crippen molar-refractivity contribution in [1.29, 1.82) is 0 Å². The maximum Gasteiger partial charge on any atom is 0.494 e. The molecule has 0 rings (SSSR count). The van der Waals surface area contributed by atoms with Crippen molar-refractivity contribution < 1.29 is 18.6 Å². The van der Waals surface area contributed by atoms with Gasteiger partial charge >= 0.3 is 8.69 Å². The maximum atomic E-state index is 10.4. The average Bonchev–Trinajstić information content (AvgIpc) is 2.36. The lowest BCUT2D eigenvalue weighted by Gasteiger charge is -2.29. The van der Waals surface area contributed by atoms with Crippen LogP contribution in [0.4, 0.5) is 0 Å².